The number of likely N-dealkylation sites (tertiary alicyclic amines) is 1. The minimum Gasteiger partial charge on any atom is -0.367 e. The molecule has 0 saturated carbocycles. The zero-order chi connectivity index (χ0) is 23.5. The molecule has 1 amide bonds. The molecule has 7 heteroatoms. The predicted molar refractivity (Wildman–Crippen MR) is 128 cm³/mol. The Kier molecular flexibility index (Phi) is 6.16. The third-order valence-electron chi connectivity index (χ3n) is 6.23. The molecule has 2 heterocycles. The molecule has 34 heavy (non-hydrogen) atoms. The number of halogens is 2. The highest BCUT2D eigenvalue weighted by Crippen LogP contribution is 2.27. The number of anilines is 1. The third kappa shape index (κ3) is 4.46. The lowest BCUT2D eigenvalue weighted by atomic mass is 9.96. The van der Waals surface area contributed by atoms with Crippen molar-refractivity contribution in [2.75, 3.05) is 18.4 Å². The standard InChI is InChI=1S/C27H24F2N4O/c28-22-14-24-25(15-23(22)29)32-26(17-30-24)31-16-19-10-6-7-13-33(19)27(34)21-12-5-4-11-20(21)18-8-2-1-3-9-18/h1-5,8-9,11-12,14-15,17,19H,6-7,10,13,16H2,(H,31,32). The second-order valence-corrected chi connectivity index (χ2v) is 8.45. The van der Waals surface area contributed by atoms with E-state index in [-0.39, 0.29) is 23.0 Å². The summed E-state index contributed by atoms with van der Waals surface area (Å²) in [6.07, 6.45) is 4.35. The van der Waals surface area contributed by atoms with E-state index >= 15 is 0 Å². The van der Waals surface area contributed by atoms with Crippen LogP contribution < -0.4 is 5.32 Å². The number of amides is 1. The van der Waals surface area contributed by atoms with Gasteiger partial charge in [-0.1, -0.05) is 48.5 Å². The van der Waals surface area contributed by atoms with Crippen LogP contribution in [0.4, 0.5) is 14.6 Å². The van der Waals surface area contributed by atoms with E-state index in [1.54, 1.807) is 0 Å². The fraction of sp³-hybridized carbons (Fsp3) is 0.222. The lowest BCUT2D eigenvalue weighted by Gasteiger charge is -2.36. The first-order chi connectivity index (χ1) is 16.6. The van der Waals surface area contributed by atoms with Crippen LogP contribution >= 0.6 is 0 Å². The Labute approximate surface area is 196 Å². The van der Waals surface area contributed by atoms with Crippen molar-refractivity contribution in [1.29, 1.82) is 0 Å². The van der Waals surface area contributed by atoms with Gasteiger partial charge in [0.2, 0.25) is 0 Å². The Bertz CT molecular complexity index is 1330. The zero-order valence-corrected chi connectivity index (χ0v) is 18.5. The number of nitrogens with zero attached hydrogens (tertiary/aromatic N) is 3. The summed E-state index contributed by atoms with van der Waals surface area (Å²) >= 11 is 0. The first kappa shape index (κ1) is 21.9. The molecule has 0 bridgehead atoms. The van der Waals surface area contributed by atoms with E-state index in [4.69, 9.17) is 0 Å². The van der Waals surface area contributed by atoms with Crippen molar-refractivity contribution in [3.63, 3.8) is 0 Å². The molecule has 1 atom stereocenters. The van der Waals surface area contributed by atoms with Crippen LogP contribution in [-0.2, 0) is 0 Å². The van der Waals surface area contributed by atoms with E-state index in [0.29, 0.717) is 24.5 Å². The summed E-state index contributed by atoms with van der Waals surface area (Å²) < 4.78 is 27.0. The third-order valence-corrected chi connectivity index (χ3v) is 6.23. The van der Waals surface area contributed by atoms with Crippen LogP contribution in [-0.4, -0.2) is 39.9 Å². The molecule has 5 nitrogen and oxygen atoms in total. The average Bonchev–Trinajstić information content (AvgIpc) is 2.88. The first-order valence-corrected chi connectivity index (χ1v) is 11.4. The van der Waals surface area contributed by atoms with E-state index in [1.807, 2.05) is 59.5 Å². The quantitative estimate of drug-likeness (QED) is 0.418. The van der Waals surface area contributed by atoms with E-state index in [9.17, 15) is 13.6 Å². The number of hydrogen-bond acceptors (Lipinski definition) is 4. The summed E-state index contributed by atoms with van der Waals surface area (Å²) in [6, 6.07) is 19.7. The van der Waals surface area contributed by atoms with Crippen LogP contribution in [0.1, 0.15) is 29.6 Å². The molecule has 1 aliphatic heterocycles. The lowest BCUT2D eigenvalue weighted by molar-refractivity contribution is 0.0629. The van der Waals surface area contributed by atoms with Gasteiger partial charge in [-0.2, -0.15) is 0 Å². The van der Waals surface area contributed by atoms with Gasteiger partial charge in [-0.3, -0.25) is 9.78 Å². The molecule has 1 unspecified atom stereocenters. The molecule has 1 saturated heterocycles. The van der Waals surface area contributed by atoms with Gasteiger partial charge >= 0.3 is 0 Å². The Morgan fingerprint density at radius 1 is 0.971 bits per heavy atom. The van der Waals surface area contributed by atoms with Crippen molar-refractivity contribution in [1.82, 2.24) is 14.9 Å². The number of hydrogen-bond donors (Lipinski definition) is 1. The Morgan fingerprint density at radius 3 is 2.53 bits per heavy atom. The summed E-state index contributed by atoms with van der Waals surface area (Å²) in [4.78, 5) is 24.1. The van der Waals surface area contributed by atoms with Gasteiger partial charge in [0.25, 0.3) is 5.91 Å². The van der Waals surface area contributed by atoms with Crippen LogP contribution in [0, 0.1) is 11.6 Å². The van der Waals surface area contributed by atoms with Gasteiger partial charge in [0.05, 0.1) is 17.2 Å². The van der Waals surface area contributed by atoms with Gasteiger partial charge in [0.15, 0.2) is 11.6 Å². The zero-order valence-electron chi connectivity index (χ0n) is 18.5. The molecule has 0 radical (unpaired) electrons. The molecule has 172 valence electrons. The Hall–Kier alpha value is -3.87. The molecular formula is C27H24F2N4O. The topological polar surface area (TPSA) is 58.1 Å². The smallest absolute Gasteiger partial charge is 0.254 e. The van der Waals surface area contributed by atoms with Crippen LogP contribution in [0.2, 0.25) is 0 Å². The van der Waals surface area contributed by atoms with Gasteiger partial charge in [-0.15, -0.1) is 0 Å². The summed E-state index contributed by atoms with van der Waals surface area (Å²) in [5.74, 6) is -1.44. The fourth-order valence-electron chi connectivity index (χ4n) is 4.49. The fourth-order valence-corrected chi connectivity index (χ4v) is 4.49. The summed E-state index contributed by atoms with van der Waals surface area (Å²) in [7, 11) is 0. The Morgan fingerprint density at radius 2 is 1.71 bits per heavy atom. The van der Waals surface area contributed by atoms with Crippen molar-refractivity contribution in [3.05, 3.63) is 90.1 Å². The predicted octanol–water partition coefficient (Wildman–Crippen LogP) is 5.68. The molecular weight excluding hydrogens is 434 g/mol. The second-order valence-electron chi connectivity index (χ2n) is 8.45. The number of carbonyl (C=O) groups excluding carboxylic acids is 1. The van der Waals surface area contributed by atoms with Crippen molar-refractivity contribution in [2.45, 2.75) is 25.3 Å². The van der Waals surface area contributed by atoms with E-state index in [1.165, 1.54) is 6.20 Å². The number of aromatic nitrogens is 2. The maximum atomic E-state index is 13.7. The largest absolute Gasteiger partial charge is 0.367 e. The monoisotopic (exact) mass is 458 g/mol. The highest BCUT2D eigenvalue weighted by Gasteiger charge is 2.28. The van der Waals surface area contributed by atoms with Gasteiger partial charge in [-0.25, -0.2) is 13.8 Å². The highest BCUT2D eigenvalue weighted by atomic mass is 19.2. The summed E-state index contributed by atoms with van der Waals surface area (Å²) in [5, 5.41) is 3.24. The molecule has 4 aromatic rings. The summed E-state index contributed by atoms with van der Waals surface area (Å²) in [5.41, 5.74) is 3.17. The number of fused-ring (bicyclic) bond motifs is 1. The maximum Gasteiger partial charge on any atom is 0.254 e. The number of nitrogens with one attached hydrogen (secondary N) is 1. The molecule has 0 aliphatic carbocycles. The molecule has 1 aromatic heterocycles. The second kappa shape index (κ2) is 9.55. The van der Waals surface area contributed by atoms with Crippen molar-refractivity contribution in [3.8, 4) is 11.1 Å². The van der Waals surface area contributed by atoms with Crippen LogP contribution in [0.15, 0.2) is 72.9 Å². The molecule has 1 aliphatic rings. The number of benzene rings is 3. The normalized spacial score (nSPS) is 15.9. The number of rotatable bonds is 5. The first-order valence-electron chi connectivity index (χ1n) is 11.4. The average molecular weight is 459 g/mol. The molecule has 3 aromatic carbocycles. The Balaban J connectivity index is 1.36. The van der Waals surface area contributed by atoms with Crippen LogP contribution in [0.5, 0.6) is 0 Å². The van der Waals surface area contributed by atoms with Crippen LogP contribution in [0.25, 0.3) is 22.2 Å². The molecule has 0 spiro atoms. The van der Waals surface area contributed by atoms with Crippen molar-refractivity contribution in [2.24, 2.45) is 0 Å². The maximum absolute atomic E-state index is 13.7. The van der Waals surface area contributed by atoms with Crippen molar-refractivity contribution >= 4 is 22.8 Å². The van der Waals surface area contributed by atoms with Gasteiger partial charge < -0.3 is 10.2 Å². The van der Waals surface area contributed by atoms with E-state index < -0.39 is 11.6 Å². The minimum absolute atomic E-state index is 0.00750. The molecule has 5 rings (SSSR count). The highest BCUT2D eigenvalue weighted by molar-refractivity contribution is 6.01. The SMILES string of the molecule is O=C(c1ccccc1-c1ccccc1)N1CCCCC1CNc1cnc2cc(F)c(F)cc2n1. The van der Waals surface area contributed by atoms with Gasteiger partial charge in [0.1, 0.15) is 5.82 Å². The van der Waals surface area contributed by atoms with E-state index in [2.05, 4.69) is 15.3 Å². The van der Waals surface area contributed by atoms with Gasteiger partial charge in [0, 0.05) is 36.8 Å². The minimum atomic E-state index is -0.958. The van der Waals surface area contributed by atoms with Crippen LogP contribution in [0.3, 0.4) is 0 Å². The lowest BCUT2D eigenvalue weighted by Crippen LogP contribution is -2.47. The van der Waals surface area contributed by atoms with Gasteiger partial charge in [-0.05, 0) is 36.5 Å². The van der Waals surface area contributed by atoms with E-state index in [0.717, 1.165) is 42.5 Å². The number of carbonyl (C=O) groups is 1. The molecule has 1 fully saturated rings. The summed E-state index contributed by atoms with van der Waals surface area (Å²) in [6.45, 7) is 1.17. The number of piperidine rings is 1. The van der Waals surface area contributed by atoms with Crippen molar-refractivity contribution < 1.29 is 13.6 Å². The molecule has 1 N–H and O–H groups in total.